The molecule has 0 unspecified atom stereocenters. The van der Waals surface area contributed by atoms with Crippen molar-refractivity contribution >= 4 is 23.5 Å². The van der Waals surface area contributed by atoms with Crippen molar-refractivity contribution in [2.75, 3.05) is 11.9 Å². The summed E-state index contributed by atoms with van der Waals surface area (Å²) in [4.78, 5) is 37.8. The molecule has 2 amide bonds. The Hall–Kier alpha value is -2.37. The van der Waals surface area contributed by atoms with Gasteiger partial charge in [-0.2, -0.15) is 0 Å². The highest BCUT2D eigenvalue weighted by Crippen LogP contribution is 2.26. The lowest BCUT2D eigenvalue weighted by molar-refractivity contribution is -0.145. The van der Waals surface area contributed by atoms with Crippen LogP contribution >= 0.6 is 0 Å². The number of carbonyl (C=O) groups excluding carboxylic acids is 2. The second kappa shape index (κ2) is 8.34. The van der Waals surface area contributed by atoms with Crippen LogP contribution in [0.5, 0.6) is 0 Å². The molecule has 1 saturated heterocycles. The molecule has 0 radical (unpaired) electrons. The number of aryl methyl sites for hydroxylation is 1. The quantitative estimate of drug-likeness (QED) is 0.843. The van der Waals surface area contributed by atoms with E-state index in [0.717, 1.165) is 5.56 Å². The smallest absolute Gasteiger partial charge is 0.308 e. The minimum Gasteiger partial charge on any atom is -0.481 e. The normalized spacial score (nSPS) is 20.1. The van der Waals surface area contributed by atoms with Crippen molar-refractivity contribution in [2.24, 2.45) is 11.8 Å². The summed E-state index contributed by atoms with van der Waals surface area (Å²) in [5, 5.41) is 12.2. The van der Waals surface area contributed by atoms with Gasteiger partial charge in [-0.3, -0.25) is 14.4 Å². The van der Waals surface area contributed by atoms with Crippen molar-refractivity contribution in [1.29, 1.82) is 0 Å². The van der Waals surface area contributed by atoms with Gasteiger partial charge in [-0.1, -0.05) is 13.8 Å². The van der Waals surface area contributed by atoms with Crippen LogP contribution in [0.25, 0.3) is 0 Å². The van der Waals surface area contributed by atoms with Crippen LogP contribution in [0.15, 0.2) is 18.2 Å². The number of anilines is 1. The number of carbonyl (C=O) groups is 3. The van der Waals surface area contributed by atoms with E-state index in [1.807, 2.05) is 20.8 Å². The van der Waals surface area contributed by atoms with Crippen molar-refractivity contribution in [2.45, 2.75) is 53.0 Å². The summed E-state index contributed by atoms with van der Waals surface area (Å²) < 4.78 is 0. The van der Waals surface area contributed by atoms with Gasteiger partial charge < -0.3 is 15.3 Å². The molecule has 1 aliphatic heterocycles. The molecular weight excluding hydrogens is 332 g/mol. The highest BCUT2D eigenvalue weighted by molar-refractivity contribution is 5.97. The molecule has 1 aliphatic rings. The van der Waals surface area contributed by atoms with E-state index < -0.39 is 11.9 Å². The number of hydrogen-bond acceptors (Lipinski definition) is 3. The molecule has 26 heavy (non-hydrogen) atoms. The van der Waals surface area contributed by atoms with Gasteiger partial charge in [0.2, 0.25) is 5.91 Å². The van der Waals surface area contributed by atoms with E-state index in [2.05, 4.69) is 5.32 Å². The lowest BCUT2D eigenvalue weighted by Crippen LogP contribution is -2.49. The van der Waals surface area contributed by atoms with Gasteiger partial charge in [0.1, 0.15) is 0 Å². The Morgan fingerprint density at radius 2 is 2.00 bits per heavy atom. The number of likely N-dealkylation sites (tertiary alicyclic amines) is 1. The second-order valence-corrected chi connectivity index (χ2v) is 7.50. The fourth-order valence-corrected chi connectivity index (χ4v) is 3.43. The third-order valence-corrected chi connectivity index (χ3v) is 4.91. The Morgan fingerprint density at radius 1 is 1.31 bits per heavy atom. The lowest BCUT2D eigenvalue weighted by atomic mass is 9.89. The van der Waals surface area contributed by atoms with Gasteiger partial charge >= 0.3 is 5.97 Å². The molecule has 0 spiro atoms. The summed E-state index contributed by atoms with van der Waals surface area (Å²) in [6.45, 7) is 8.18. The number of hydrogen-bond donors (Lipinski definition) is 2. The number of rotatable bonds is 5. The van der Waals surface area contributed by atoms with E-state index in [-0.39, 0.29) is 23.8 Å². The van der Waals surface area contributed by atoms with E-state index >= 15 is 0 Å². The first-order valence-electron chi connectivity index (χ1n) is 9.15. The molecule has 2 atom stereocenters. The molecule has 1 heterocycles. The van der Waals surface area contributed by atoms with E-state index in [4.69, 9.17) is 0 Å². The molecule has 2 rings (SSSR count). The first-order valence-corrected chi connectivity index (χ1v) is 9.15. The first kappa shape index (κ1) is 19.9. The fourth-order valence-electron chi connectivity index (χ4n) is 3.43. The molecule has 0 aromatic heterocycles. The summed E-state index contributed by atoms with van der Waals surface area (Å²) in [6.07, 6.45) is 1.73. The topological polar surface area (TPSA) is 86.7 Å². The molecule has 6 nitrogen and oxygen atoms in total. The van der Waals surface area contributed by atoms with Gasteiger partial charge in [0.25, 0.3) is 5.91 Å². The molecule has 6 heteroatoms. The Kier molecular flexibility index (Phi) is 6.40. The SMILES string of the molecule is Cc1cc(C(=O)N2CCC[C@H](C(=O)O)[C@@H]2C)ccc1NC(=O)CC(C)C. The largest absolute Gasteiger partial charge is 0.481 e. The molecule has 1 aromatic rings. The third kappa shape index (κ3) is 4.62. The molecule has 1 aromatic carbocycles. The number of benzene rings is 1. The van der Waals surface area contributed by atoms with E-state index in [0.29, 0.717) is 37.1 Å². The van der Waals surface area contributed by atoms with Crippen molar-refractivity contribution in [1.82, 2.24) is 4.90 Å². The maximum atomic E-state index is 12.9. The maximum absolute atomic E-state index is 12.9. The van der Waals surface area contributed by atoms with Crippen LogP contribution in [0, 0.1) is 18.8 Å². The summed E-state index contributed by atoms with van der Waals surface area (Å²) in [7, 11) is 0. The number of nitrogens with one attached hydrogen (secondary N) is 1. The molecule has 0 saturated carbocycles. The number of carboxylic acids is 1. The second-order valence-electron chi connectivity index (χ2n) is 7.50. The highest BCUT2D eigenvalue weighted by atomic mass is 16.4. The zero-order chi connectivity index (χ0) is 19.4. The van der Waals surface area contributed by atoms with E-state index in [1.165, 1.54) is 0 Å². The Labute approximate surface area is 154 Å². The molecule has 1 fully saturated rings. The highest BCUT2D eigenvalue weighted by Gasteiger charge is 2.35. The Morgan fingerprint density at radius 3 is 2.58 bits per heavy atom. The molecule has 2 N–H and O–H groups in total. The van der Waals surface area contributed by atoms with Crippen molar-refractivity contribution in [3.05, 3.63) is 29.3 Å². The monoisotopic (exact) mass is 360 g/mol. The van der Waals surface area contributed by atoms with Gasteiger partial charge in [-0.15, -0.1) is 0 Å². The van der Waals surface area contributed by atoms with E-state index in [1.54, 1.807) is 30.0 Å². The Balaban J connectivity index is 2.13. The van der Waals surface area contributed by atoms with Crippen LogP contribution in [0.2, 0.25) is 0 Å². The van der Waals surface area contributed by atoms with Crippen molar-refractivity contribution < 1.29 is 19.5 Å². The van der Waals surface area contributed by atoms with Crippen LogP contribution in [0.1, 0.15) is 56.0 Å². The summed E-state index contributed by atoms with van der Waals surface area (Å²) in [5.41, 5.74) is 2.02. The predicted octanol–water partition coefficient (Wildman–Crippen LogP) is 3.30. The van der Waals surface area contributed by atoms with Gasteiger partial charge in [0.05, 0.1) is 5.92 Å². The van der Waals surface area contributed by atoms with Gasteiger partial charge in [0, 0.05) is 30.3 Å². The fraction of sp³-hybridized carbons (Fsp3) is 0.550. The van der Waals surface area contributed by atoms with Gasteiger partial charge in [-0.25, -0.2) is 0 Å². The average Bonchev–Trinajstić information content (AvgIpc) is 2.55. The zero-order valence-corrected chi connectivity index (χ0v) is 15.9. The van der Waals surface area contributed by atoms with Crippen LogP contribution in [0.3, 0.4) is 0 Å². The number of carboxylic acid groups (broad SMARTS) is 1. The van der Waals surface area contributed by atoms with Crippen molar-refractivity contribution in [3.63, 3.8) is 0 Å². The lowest BCUT2D eigenvalue weighted by Gasteiger charge is -2.37. The van der Waals surface area contributed by atoms with Crippen LogP contribution in [-0.2, 0) is 9.59 Å². The summed E-state index contributed by atoms with van der Waals surface area (Å²) >= 11 is 0. The number of amides is 2. The van der Waals surface area contributed by atoms with Gasteiger partial charge in [-0.05, 0) is 56.4 Å². The predicted molar refractivity (Wildman–Crippen MR) is 100 cm³/mol. The summed E-state index contributed by atoms with van der Waals surface area (Å²) in [6, 6.07) is 4.85. The maximum Gasteiger partial charge on any atom is 0.308 e. The number of nitrogens with zero attached hydrogens (tertiary/aromatic N) is 1. The van der Waals surface area contributed by atoms with Gasteiger partial charge in [0.15, 0.2) is 0 Å². The summed E-state index contributed by atoms with van der Waals surface area (Å²) in [5.74, 6) is -1.31. The van der Waals surface area contributed by atoms with E-state index in [9.17, 15) is 19.5 Å². The minimum absolute atomic E-state index is 0.0453. The Bertz CT molecular complexity index is 699. The number of aliphatic carboxylic acids is 1. The number of piperidine rings is 1. The minimum atomic E-state index is -0.852. The molecule has 0 bridgehead atoms. The third-order valence-electron chi connectivity index (χ3n) is 4.91. The molecular formula is C20H28N2O4. The van der Waals surface area contributed by atoms with Crippen LogP contribution in [-0.4, -0.2) is 40.4 Å². The van der Waals surface area contributed by atoms with Crippen LogP contribution < -0.4 is 5.32 Å². The average molecular weight is 360 g/mol. The standard InChI is InChI=1S/C20H28N2O4/c1-12(2)10-18(23)21-17-8-7-15(11-13(17)3)19(24)22-9-5-6-16(14(22)4)20(25)26/h7-8,11-12,14,16H,5-6,9-10H2,1-4H3,(H,21,23)(H,25,26)/t14-,16-/m0/s1. The van der Waals surface area contributed by atoms with Crippen molar-refractivity contribution in [3.8, 4) is 0 Å². The first-order chi connectivity index (χ1) is 12.2. The zero-order valence-electron chi connectivity index (χ0n) is 15.9. The molecule has 142 valence electrons. The molecule has 0 aliphatic carbocycles. The van der Waals surface area contributed by atoms with Crippen LogP contribution in [0.4, 0.5) is 5.69 Å².